The number of aromatic amines is 3. The fourth-order valence-corrected chi connectivity index (χ4v) is 5.01. The van der Waals surface area contributed by atoms with Crippen LogP contribution in [0.4, 0.5) is 0 Å². The van der Waals surface area contributed by atoms with Crippen LogP contribution in [0.3, 0.4) is 0 Å². The predicted octanol–water partition coefficient (Wildman–Crippen LogP) is 7.96. The first kappa shape index (κ1) is 19.1. The van der Waals surface area contributed by atoms with Crippen LogP contribution in [0.25, 0.3) is 44.2 Å². The average Bonchev–Trinajstić information content (AvgIpc) is 3.45. The van der Waals surface area contributed by atoms with E-state index in [2.05, 4.69) is 66.9 Å². The first-order valence-electron chi connectivity index (χ1n) is 10.6. The summed E-state index contributed by atoms with van der Waals surface area (Å²) in [7, 11) is 0. The van der Waals surface area contributed by atoms with Crippen LogP contribution in [0.15, 0.2) is 48.8 Å². The Hall–Kier alpha value is -2.91. The molecule has 0 atom stereocenters. The molecule has 5 aromatic rings. The molecular formula is C26H26ClN3. The van der Waals surface area contributed by atoms with Crippen LogP contribution in [0, 0.1) is 6.92 Å². The maximum absolute atomic E-state index is 6.79. The molecule has 0 unspecified atom stereocenters. The maximum Gasteiger partial charge on any atom is 0.0504 e. The lowest BCUT2D eigenvalue weighted by Gasteiger charge is -2.15. The number of H-pyrrole nitrogens is 3. The summed E-state index contributed by atoms with van der Waals surface area (Å²) >= 11 is 6.79. The predicted molar refractivity (Wildman–Crippen MR) is 129 cm³/mol. The molecule has 0 fully saturated rings. The average molecular weight is 416 g/mol. The number of aryl methyl sites for hydroxylation is 2. The summed E-state index contributed by atoms with van der Waals surface area (Å²) in [5.41, 5.74) is 10.9. The van der Waals surface area contributed by atoms with E-state index in [1.807, 2.05) is 24.5 Å². The van der Waals surface area contributed by atoms with Gasteiger partial charge in [-0.05, 0) is 66.8 Å². The van der Waals surface area contributed by atoms with Crippen molar-refractivity contribution in [3.05, 3.63) is 70.6 Å². The standard InChI is InChI=1S/C26H26ClN3/c1-5-16-12-19(17-8-10-29-22(17)13-16)26-23(14(2)3)24(15(4)30-26)25-18-9-11-28-21(18)7-6-20(25)27/h6-14,28-30H,5H2,1-4H3. The van der Waals surface area contributed by atoms with Crippen molar-refractivity contribution in [1.82, 2.24) is 15.0 Å². The molecule has 0 aliphatic heterocycles. The molecule has 152 valence electrons. The van der Waals surface area contributed by atoms with Crippen molar-refractivity contribution in [3.8, 4) is 22.4 Å². The van der Waals surface area contributed by atoms with Gasteiger partial charge in [-0.1, -0.05) is 32.4 Å². The van der Waals surface area contributed by atoms with Crippen molar-refractivity contribution in [2.24, 2.45) is 0 Å². The first-order valence-corrected chi connectivity index (χ1v) is 11.0. The van der Waals surface area contributed by atoms with E-state index in [0.29, 0.717) is 5.92 Å². The van der Waals surface area contributed by atoms with Crippen LogP contribution in [0.1, 0.15) is 43.5 Å². The lowest BCUT2D eigenvalue weighted by molar-refractivity contribution is 0.873. The SMILES string of the molecule is CCc1cc(-c2[nH]c(C)c(-c3c(Cl)ccc4[nH]ccc34)c2C(C)C)c2cc[nH]c2c1. The molecule has 3 heterocycles. The molecule has 0 saturated heterocycles. The molecule has 3 N–H and O–H groups in total. The quantitative estimate of drug-likeness (QED) is 0.266. The number of nitrogens with one attached hydrogen (secondary N) is 3. The molecule has 4 heteroatoms. The van der Waals surface area contributed by atoms with Gasteiger partial charge in [0.15, 0.2) is 0 Å². The van der Waals surface area contributed by atoms with E-state index < -0.39 is 0 Å². The van der Waals surface area contributed by atoms with E-state index in [1.54, 1.807) is 0 Å². The van der Waals surface area contributed by atoms with Crippen molar-refractivity contribution < 1.29 is 0 Å². The fraction of sp³-hybridized carbons (Fsp3) is 0.231. The van der Waals surface area contributed by atoms with Gasteiger partial charge in [-0.25, -0.2) is 0 Å². The summed E-state index contributed by atoms with van der Waals surface area (Å²) < 4.78 is 0. The van der Waals surface area contributed by atoms with Crippen LogP contribution in [0.2, 0.25) is 5.02 Å². The van der Waals surface area contributed by atoms with Crippen LogP contribution < -0.4 is 0 Å². The summed E-state index contributed by atoms with van der Waals surface area (Å²) in [5.74, 6) is 0.337. The molecule has 0 aliphatic rings. The number of hydrogen-bond acceptors (Lipinski definition) is 0. The van der Waals surface area contributed by atoms with E-state index in [9.17, 15) is 0 Å². The Balaban J connectivity index is 1.87. The van der Waals surface area contributed by atoms with E-state index in [0.717, 1.165) is 33.6 Å². The van der Waals surface area contributed by atoms with Gasteiger partial charge in [-0.15, -0.1) is 0 Å². The van der Waals surface area contributed by atoms with Crippen LogP contribution >= 0.6 is 11.6 Å². The third kappa shape index (κ3) is 2.80. The summed E-state index contributed by atoms with van der Waals surface area (Å²) in [6.07, 6.45) is 5.01. The molecule has 2 aromatic carbocycles. The van der Waals surface area contributed by atoms with Crippen molar-refractivity contribution in [3.63, 3.8) is 0 Å². The topological polar surface area (TPSA) is 47.4 Å². The minimum absolute atomic E-state index is 0.337. The molecule has 0 aliphatic carbocycles. The summed E-state index contributed by atoms with van der Waals surface area (Å²) in [5, 5.41) is 3.19. The van der Waals surface area contributed by atoms with Gasteiger partial charge in [0.1, 0.15) is 0 Å². The van der Waals surface area contributed by atoms with E-state index in [4.69, 9.17) is 11.6 Å². The Morgan fingerprint density at radius 3 is 2.37 bits per heavy atom. The second kappa shape index (κ2) is 7.10. The zero-order valence-corrected chi connectivity index (χ0v) is 18.5. The Bertz CT molecular complexity index is 1380. The van der Waals surface area contributed by atoms with Gasteiger partial charge < -0.3 is 15.0 Å². The Kier molecular flexibility index (Phi) is 4.52. The van der Waals surface area contributed by atoms with Gasteiger partial charge in [-0.3, -0.25) is 0 Å². The van der Waals surface area contributed by atoms with Gasteiger partial charge in [0, 0.05) is 61.6 Å². The summed E-state index contributed by atoms with van der Waals surface area (Å²) in [6, 6.07) is 12.9. The third-order valence-corrected chi connectivity index (χ3v) is 6.46. The minimum Gasteiger partial charge on any atom is -0.361 e. The highest BCUT2D eigenvalue weighted by Crippen LogP contribution is 2.46. The van der Waals surface area contributed by atoms with Crippen molar-refractivity contribution in [2.45, 2.75) is 40.0 Å². The van der Waals surface area contributed by atoms with Gasteiger partial charge >= 0.3 is 0 Å². The third-order valence-electron chi connectivity index (χ3n) is 6.14. The number of rotatable bonds is 4. The Morgan fingerprint density at radius 1 is 0.900 bits per heavy atom. The molecule has 0 saturated carbocycles. The summed E-state index contributed by atoms with van der Waals surface area (Å²) in [6.45, 7) is 8.89. The Morgan fingerprint density at radius 2 is 1.63 bits per heavy atom. The van der Waals surface area contributed by atoms with Crippen LogP contribution in [0.5, 0.6) is 0 Å². The second-order valence-corrected chi connectivity index (χ2v) is 8.77. The van der Waals surface area contributed by atoms with E-state index >= 15 is 0 Å². The number of benzene rings is 2. The molecular weight excluding hydrogens is 390 g/mol. The number of aromatic nitrogens is 3. The first-order chi connectivity index (χ1) is 14.5. The second-order valence-electron chi connectivity index (χ2n) is 8.37. The van der Waals surface area contributed by atoms with Crippen molar-refractivity contribution in [1.29, 1.82) is 0 Å². The van der Waals surface area contributed by atoms with E-state index in [-0.39, 0.29) is 0 Å². The lowest BCUT2D eigenvalue weighted by atomic mass is 9.88. The normalized spacial score (nSPS) is 11.9. The number of hydrogen-bond donors (Lipinski definition) is 3. The highest BCUT2D eigenvalue weighted by Gasteiger charge is 2.24. The van der Waals surface area contributed by atoms with Crippen molar-refractivity contribution >= 4 is 33.4 Å². The van der Waals surface area contributed by atoms with E-state index in [1.165, 1.54) is 38.9 Å². The van der Waals surface area contributed by atoms with Gasteiger partial charge in [0.25, 0.3) is 0 Å². The molecule has 0 radical (unpaired) electrons. The molecule has 3 aromatic heterocycles. The zero-order valence-electron chi connectivity index (χ0n) is 17.8. The largest absolute Gasteiger partial charge is 0.361 e. The molecule has 0 bridgehead atoms. The zero-order chi connectivity index (χ0) is 21.0. The van der Waals surface area contributed by atoms with Gasteiger partial charge in [0.05, 0.1) is 5.69 Å². The lowest BCUT2D eigenvalue weighted by Crippen LogP contribution is -1.95. The number of halogens is 1. The molecule has 5 rings (SSSR count). The van der Waals surface area contributed by atoms with Crippen LogP contribution in [-0.2, 0) is 6.42 Å². The smallest absolute Gasteiger partial charge is 0.0504 e. The fourth-order valence-electron chi connectivity index (χ4n) is 4.75. The van der Waals surface area contributed by atoms with Gasteiger partial charge in [0.2, 0.25) is 0 Å². The molecule has 30 heavy (non-hydrogen) atoms. The number of fused-ring (bicyclic) bond motifs is 2. The molecule has 0 amide bonds. The molecule has 3 nitrogen and oxygen atoms in total. The van der Waals surface area contributed by atoms with Crippen LogP contribution in [-0.4, -0.2) is 15.0 Å². The molecule has 0 spiro atoms. The monoisotopic (exact) mass is 415 g/mol. The summed E-state index contributed by atoms with van der Waals surface area (Å²) in [4.78, 5) is 10.5. The highest BCUT2D eigenvalue weighted by molar-refractivity contribution is 6.35. The van der Waals surface area contributed by atoms with Crippen molar-refractivity contribution in [2.75, 3.05) is 0 Å². The minimum atomic E-state index is 0.337. The maximum atomic E-state index is 6.79. The Labute approximate surface area is 181 Å². The van der Waals surface area contributed by atoms with Gasteiger partial charge in [-0.2, -0.15) is 0 Å². The highest BCUT2D eigenvalue weighted by atomic mass is 35.5.